The van der Waals surface area contributed by atoms with Crippen molar-refractivity contribution < 1.29 is 40.3 Å². The topological polar surface area (TPSA) is 88.6 Å². The number of ether oxygens (including phenoxy) is 2. The van der Waals surface area contributed by atoms with Crippen molar-refractivity contribution in [3.8, 4) is 0 Å². The number of piperazine rings is 1. The van der Waals surface area contributed by atoms with Gasteiger partial charge < -0.3 is 18.8 Å². The second kappa shape index (κ2) is 18.8. The Bertz CT molecular complexity index is 2110. The molecule has 4 aromatic rings. The molecule has 0 radical (unpaired) electrons. The number of alkyl halides is 3. The van der Waals surface area contributed by atoms with Gasteiger partial charge in [0.05, 0.1) is 41.9 Å². The number of carbonyl (C=O) groups excluding carboxylic acids is 1. The SMILES string of the molecule is COC[C@@H]1CN(CCN2CCN(C(=O)c3cc(C(F)(F)F)cc(S(C)(=O)=O)c3)[C@@H](C(O[SiH](c3ccccc3)c3ccccc3)c3ccc(C)c(C(C)(C)C)c3)C2)CCO1. The maximum atomic E-state index is 14.9. The van der Waals surface area contributed by atoms with Gasteiger partial charge in [-0.25, -0.2) is 8.42 Å². The molecule has 1 unspecified atom stereocenters. The number of hydrogen-bond acceptors (Lipinski definition) is 8. The minimum absolute atomic E-state index is 0.0329. The molecule has 0 bridgehead atoms. The van der Waals surface area contributed by atoms with E-state index in [0.29, 0.717) is 38.9 Å². The predicted molar refractivity (Wildman–Crippen MR) is 227 cm³/mol. The third kappa shape index (κ3) is 11.3. The highest BCUT2D eigenvalue weighted by Gasteiger charge is 2.41. The minimum Gasteiger partial charge on any atom is -0.402 e. The number of amides is 1. The van der Waals surface area contributed by atoms with Crippen molar-refractivity contribution in [3.63, 3.8) is 0 Å². The van der Waals surface area contributed by atoms with Gasteiger partial charge in [0.15, 0.2) is 9.84 Å². The average molecular weight is 852 g/mol. The Labute approximate surface area is 348 Å². The molecule has 0 spiro atoms. The first-order valence-electron chi connectivity index (χ1n) is 20.1. The van der Waals surface area contributed by atoms with Crippen LogP contribution in [0.25, 0.3) is 0 Å². The van der Waals surface area contributed by atoms with E-state index in [-0.39, 0.29) is 23.6 Å². The second-order valence-corrected chi connectivity index (χ2v) is 21.1. The number of hydrogen-bond donors (Lipinski definition) is 0. The van der Waals surface area contributed by atoms with Crippen LogP contribution in [0, 0.1) is 6.92 Å². The van der Waals surface area contributed by atoms with Crippen LogP contribution in [0.1, 0.15) is 59.5 Å². The molecule has 2 saturated heterocycles. The lowest BCUT2D eigenvalue weighted by molar-refractivity contribution is -0.137. The molecule has 9 nitrogen and oxygen atoms in total. The third-order valence-corrected chi connectivity index (χ3v) is 14.9. The fourth-order valence-electron chi connectivity index (χ4n) is 8.17. The largest absolute Gasteiger partial charge is 0.416 e. The average Bonchev–Trinajstić information content (AvgIpc) is 3.20. The smallest absolute Gasteiger partial charge is 0.402 e. The zero-order valence-electron chi connectivity index (χ0n) is 34.7. The van der Waals surface area contributed by atoms with Crippen molar-refractivity contribution in [2.75, 3.05) is 72.4 Å². The Morgan fingerprint density at radius 3 is 2.07 bits per heavy atom. The monoisotopic (exact) mass is 851 g/mol. The summed E-state index contributed by atoms with van der Waals surface area (Å²) in [5.74, 6) is -0.685. The van der Waals surface area contributed by atoms with Gasteiger partial charge in [-0.3, -0.25) is 14.6 Å². The fraction of sp³-hybridized carbons (Fsp3) is 0.444. The normalized spacial score (nSPS) is 19.3. The van der Waals surface area contributed by atoms with Crippen LogP contribution in [-0.4, -0.2) is 123 Å². The van der Waals surface area contributed by atoms with Gasteiger partial charge in [0.1, 0.15) is 0 Å². The van der Waals surface area contributed by atoms with E-state index in [1.54, 1.807) is 12.0 Å². The molecule has 0 N–H and O–H groups in total. The Balaban J connectivity index is 1.47. The molecule has 2 heterocycles. The number of nitrogens with zero attached hydrogens (tertiary/aromatic N) is 3. The second-order valence-electron chi connectivity index (χ2n) is 16.7. The Morgan fingerprint density at radius 2 is 1.49 bits per heavy atom. The highest BCUT2D eigenvalue weighted by molar-refractivity contribution is 7.90. The fourth-order valence-corrected chi connectivity index (χ4v) is 11.3. The quantitative estimate of drug-likeness (QED) is 0.164. The summed E-state index contributed by atoms with van der Waals surface area (Å²) in [7, 11) is -4.95. The standard InChI is InChI=1S/C45H56F3N3O6SSi/c1-32-17-18-33(27-40(32)44(2,3)4)42(57-59(38-13-9-7-10-14-38)39-15-11-8-12-16-39)41-30-49(19-20-50-23-24-56-36(29-50)31-55-5)21-22-51(41)43(52)34-25-35(45(46,47)48)28-37(26-34)58(6,53)54/h7-18,25-28,36,41-42,59H,19-24,29-31H2,1-6H3/t36-,41+,42?/m0/s1. The first kappa shape index (κ1) is 44.7. The molecule has 2 aliphatic rings. The molecule has 3 atom stereocenters. The van der Waals surface area contributed by atoms with Crippen LogP contribution in [0.2, 0.25) is 0 Å². The van der Waals surface area contributed by atoms with Crippen molar-refractivity contribution in [2.45, 2.75) is 62.4 Å². The van der Waals surface area contributed by atoms with E-state index < -0.39 is 53.6 Å². The van der Waals surface area contributed by atoms with Gasteiger partial charge in [0.2, 0.25) is 9.04 Å². The van der Waals surface area contributed by atoms with Crippen molar-refractivity contribution in [3.05, 3.63) is 125 Å². The summed E-state index contributed by atoms with van der Waals surface area (Å²) in [4.78, 5) is 20.6. The zero-order valence-corrected chi connectivity index (χ0v) is 36.7. The molecule has 6 rings (SSSR count). The molecule has 14 heteroatoms. The number of sulfone groups is 1. The lowest BCUT2D eigenvalue weighted by Crippen LogP contribution is -2.60. The van der Waals surface area contributed by atoms with Crippen molar-refractivity contribution in [2.24, 2.45) is 0 Å². The van der Waals surface area contributed by atoms with Crippen molar-refractivity contribution in [1.82, 2.24) is 14.7 Å². The van der Waals surface area contributed by atoms with E-state index in [9.17, 15) is 26.4 Å². The third-order valence-electron chi connectivity index (χ3n) is 11.2. The summed E-state index contributed by atoms with van der Waals surface area (Å²) < 4.78 is 87.1. The molecule has 2 fully saturated rings. The summed E-state index contributed by atoms with van der Waals surface area (Å²) in [6, 6.07) is 28.1. The number of aryl methyl sites for hydroxylation is 1. The Hall–Kier alpha value is -3.89. The van der Waals surface area contributed by atoms with Gasteiger partial charge in [0.25, 0.3) is 5.91 Å². The first-order valence-corrected chi connectivity index (χ1v) is 23.6. The molecule has 318 valence electrons. The maximum Gasteiger partial charge on any atom is 0.416 e. The number of morpholine rings is 1. The van der Waals surface area contributed by atoms with Gasteiger partial charge >= 0.3 is 6.18 Å². The van der Waals surface area contributed by atoms with Gasteiger partial charge in [-0.15, -0.1) is 0 Å². The van der Waals surface area contributed by atoms with E-state index in [4.69, 9.17) is 13.9 Å². The predicted octanol–water partition coefficient (Wildman–Crippen LogP) is 5.48. The van der Waals surface area contributed by atoms with Gasteiger partial charge in [0, 0.05) is 64.7 Å². The zero-order chi connectivity index (χ0) is 42.5. The van der Waals surface area contributed by atoms with E-state index in [1.165, 1.54) is 0 Å². The van der Waals surface area contributed by atoms with Gasteiger partial charge in [-0.05, 0) is 57.6 Å². The minimum atomic E-state index is -4.88. The van der Waals surface area contributed by atoms with Crippen LogP contribution in [0.3, 0.4) is 0 Å². The lowest BCUT2D eigenvalue weighted by atomic mass is 9.82. The molecular formula is C45H56F3N3O6SSi. The molecule has 59 heavy (non-hydrogen) atoms. The van der Waals surface area contributed by atoms with E-state index >= 15 is 0 Å². The molecular weight excluding hydrogens is 796 g/mol. The molecule has 0 saturated carbocycles. The summed E-state index contributed by atoms with van der Waals surface area (Å²) >= 11 is 0. The van der Waals surface area contributed by atoms with E-state index in [2.05, 4.69) is 73.9 Å². The first-order chi connectivity index (χ1) is 27.9. The highest BCUT2D eigenvalue weighted by Crippen LogP contribution is 2.36. The molecule has 2 aliphatic heterocycles. The van der Waals surface area contributed by atoms with Crippen molar-refractivity contribution >= 4 is 35.2 Å². The Kier molecular flexibility index (Phi) is 14.2. The van der Waals surface area contributed by atoms with Gasteiger partial charge in [-0.1, -0.05) is 99.6 Å². The number of carbonyl (C=O) groups is 1. The Morgan fingerprint density at radius 1 is 0.864 bits per heavy atom. The number of methoxy groups -OCH3 is 1. The summed E-state index contributed by atoms with van der Waals surface area (Å²) in [5, 5.41) is 2.07. The van der Waals surface area contributed by atoms with Crippen LogP contribution in [0.4, 0.5) is 13.2 Å². The molecule has 0 aliphatic carbocycles. The summed E-state index contributed by atoms with van der Waals surface area (Å²) in [6.07, 6.45) is -4.78. The van der Waals surface area contributed by atoms with Crippen LogP contribution in [0.5, 0.6) is 0 Å². The lowest BCUT2D eigenvalue weighted by Gasteiger charge is -2.46. The molecule has 0 aromatic heterocycles. The molecule has 4 aromatic carbocycles. The van der Waals surface area contributed by atoms with Crippen molar-refractivity contribution in [1.29, 1.82) is 0 Å². The number of benzene rings is 4. The van der Waals surface area contributed by atoms with Crippen LogP contribution >= 0.6 is 0 Å². The van der Waals surface area contributed by atoms with Crippen LogP contribution in [0.15, 0.2) is 102 Å². The van der Waals surface area contributed by atoms with Gasteiger partial charge in [-0.2, -0.15) is 13.2 Å². The maximum absolute atomic E-state index is 14.9. The van der Waals surface area contributed by atoms with E-state index in [0.717, 1.165) is 65.1 Å². The highest BCUT2D eigenvalue weighted by atomic mass is 32.2. The number of halogens is 3. The molecule has 1 amide bonds. The van der Waals surface area contributed by atoms with E-state index in [1.807, 2.05) is 42.5 Å². The summed E-state index contributed by atoms with van der Waals surface area (Å²) in [6.45, 7) is 13.5. The number of rotatable bonds is 13. The summed E-state index contributed by atoms with van der Waals surface area (Å²) in [5.41, 5.74) is 1.30. The van der Waals surface area contributed by atoms with Crippen LogP contribution in [-0.2, 0) is 35.3 Å². The van der Waals surface area contributed by atoms with Crippen LogP contribution < -0.4 is 10.4 Å².